The van der Waals surface area contributed by atoms with E-state index >= 15 is 0 Å². The molecule has 4 aromatic rings. The van der Waals surface area contributed by atoms with Crippen LogP contribution in [0.15, 0.2) is 41.3 Å². The van der Waals surface area contributed by atoms with Crippen molar-refractivity contribution in [1.82, 2.24) is 29.2 Å². The highest BCUT2D eigenvalue weighted by molar-refractivity contribution is 6.02. The van der Waals surface area contributed by atoms with Crippen LogP contribution in [0.2, 0.25) is 0 Å². The summed E-state index contributed by atoms with van der Waals surface area (Å²) in [5.41, 5.74) is 2.97. The van der Waals surface area contributed by atoms with Crippen molar-refractivity contribution in [2.75, 3.05) is 33.4 Å². The highest BCUT2D eigenvalue weighted by atomic mass is 19.4. The lowest BCUT2D eigenvalue weighted by molar-refractivity contribution is -0.225. The number of hydrogen-bond acceptors (Lipinski definition) is 7. The number of aromatic nitrogens is 5. The fourth-order valence-corrected chi connectivity index (χ4v) is 6.15. The number of ether oxygens (including phenoxy) is 2. The first kappa shape index (κ1) is 28.8. The molecule has 224 valence electrons. The summed E-state index contributed by atoms with van der Waals surface area (Å²) in [6.07, 6.45) is -2.69. The largest absolute Gasteiger partial charge is 0.420 e. The molecule has 1 aliphatic heterocycles. The summed E-state index contributed by atoms with van der Waals surface area (Å²) in [4.78, 5) is 19.5. The topological polar surface area (TPSA) is 87.3 Å². The molecule has 1 unspecified atom stereocenters. The van der Waals surface area contributed by atoms with Crippen molar-refractivity contribution in [3.63, 3.8) is 0 Å². The van der Waals surface area contributed by atoms with E-state index in [0.717, 1.165) is 43.3 Å². The van der Waals surface area contributed by atoms with Crippen LogP contribution >= 0.6 is 0 Å². The first-order valence-corrected chi connectivity index (χ1v) is 14.2. The second-order valence-corrected chi connectivity index (χ2v) is 12.3. The molecule has 1 saturated heterocycles. The number of methoxy groups -OCH3 is 1. The minimum absolute atomic E-state index is 0.0144. The van der Waals surface area contributed by atoms with Crippen LogP contribution in [-0.4, -0.2) is 74.8 Å². The van der Waals surface area contributed by atoms with E-state index in [1.165, 1.54) is 16.8 Å². The number of nitrogens with zero attached hydrogens (tertiary/aromatic N) is 6. The number of rotatable bonds is 8. The van der Waals surface area contributed by atoms with E-state index in [2.05, 4.69) is 33.9 Å². The molecular weight excluding hydrogens is 549 g/mol. The number of fused-ring (bicyclic) bond motifs is 3. The average molecular weight is 585 g/mol. The monoisotopic (exact) mass is 584 g/mol. The number of imidazole rings is 1. The molecule has 3 aromatic heterocycles. The van der Waals surface area contributed by atoms with Gasteiger partial charge in [-0.2, -0.15) is 13.2 Å². The molecule has 2 aliphatic rings. The van der Waals surface area contributed by atoms with Gasteiger partial charge in [-0.3, -0.25) is 14.1 Å². The Hall–Kier alpha value is -3.35. The highest BCUT2D eigenvalue weighted by Gasteiger charge is 2.43. The summed E-state index contributed by atoms with van der Waals surface area (Å²) in [5, 5.41) is 9.36. The van der Waals surface area contributed by atoms with Crippen LogP contribution in [0.3, 0.4) is 0 Å². The molecule has 2 fully saturated rings. The van der Waals surface area contributed by atoms with Gasteiger partial charge in [0.05, 0.1) is 23.9 Å². The Morgan fingerprint density at radius 1 is 1.12 bits per heavy atom. The number of pyridine rings is 1. The maximum atomic E-state index is 14.0. The van der Waals surface area contributed by atoms with E-state index in [4.69, 9.17) is 9.47 Å². The Kier molecular flexibility index (Phi) is 7.35. The SMILES string of the molecule is COC1CC(n2c(=O)n(C)c3nnc4ccc(-c5ccc(C(OCCN6CCC(C)(C)C6)C(F)(F)F)nc5)cc4c32)C1. The predicted molar refractivity (Wildman–Crippen MR) is 152 cm³/mol. The van der Waals surface area contributed by atoms with Gasteiger partial charge in [0, 0.05) is 50.4 Å². The van der Waals surface area contributed by atoms with Crippen molar-refractivity contribution in [2.24, 2.45) is 12.5 Å². The fraction of sp³-hybridized carbons (Fsp3) is 0.533. The summed E-state index contributed by atoms with van der Waals surface area (Å²) >= 11 is 0. The van der Waals surface area contributed by atoms with Crippen LogP contribution in [-0.2, 0) is 16.5 Å². The molecule has 0 bridgehead atoms. The molecule has 4 heterocycles. The van der Waals surface area contributed by atoms with Gasteiger partial charge >= 0.3 is 11.9 Å². The van der Waals surface area contributed by atoms with Crippen LogP contribution in [0.5, 0.6) is 0 Å². The Labute approximate surface area is 241 Å². The van der Waals surface area contributed by atoms with Crippen molar-refractivity contribution < 1.29 is 22.6 Å². The maximum Gasteiger partial charge on any atom is 0.420 e. The van der Waals surface area contributed by atoms with E-state index in [0.29, 0.717) is 28.8 Å². The summed E-state index contributed by atoms with van der Waals surface area (Å²) in [6, 6.07) is 8.49. The van der Waals surface area contributed by atoms with E-state index in [9.17, 15) is 18.0 Å². The van der Waals surface area contributed by atoms with Gasteiger partial charge in [-0.25, -0.2) is 4.79 Å². The third kappa shape index (κ3) is 5.31. The molecule has 1 atom stereocenters. The van der Waals surface area contributed by atoms with Crippen LogP contribution in [0.1, 0.15) is 50.9 Å². The average Bonchev–Trinajstić information content (AvgIpc) is 3.40. The maximum absolute atomic E-state index is 14.0. The number of benzene rings is 1. The Morgan fingerprint density at radius 3 is 2.52 bits per heavy atom. The van der Waals surface area contributed by atoms with Crippen molar-refractivity contribution in [3.8, 4) is 11.1 Å². The van der Waals surface area contributed by atoms with Gasteiger partial charge in [-0.15, -0.1) is 10.2 Å². The third-order valence-corrected chi connectivity index (χ3v) is 8.67. The molecule has 1 aliphatic carbocycles. The van der Waals surface area contributed by atoms with Gasteiger partial charge < -0.3 is 14.4 Å². The van der Waals surface area contributed by atoms with Gasteiger partial charge in [0.2, 0.25) is 0 Å². The summed E-state index contributed by atoms with van der Waals surface area (Å²) in [5.74, 6) is 0. The van der Waals surface area contributed by atoms with E-state index < -0.39 is 12.3 Å². The molecule has 0 radical (unpaired) electrons. The molecule has 9 nitrogen and oxygen atoms in total. The molecule has 1 saturated carbocycles. The lowest BCUT2D eigenvalue weighted by Crippen LogP contribution is -2.37. The smallest absolute Gasteiger partial charge is 0.381 e. The predicted octanol–water partition coefficient (Wildman–Crippen LogP) is 5.05. The second-order valence-electron chi connectivity index (χ2n) is 12.3. The molecule has 6 rings (SSSR count). The summed E-state index contributed by atoms with van der Waals surface area (Å²) in [7, 11) is 3.34. The number of aryl methyl sites for hydroxylation is 1. The van der Waals surface area contributed by atoms with Gasteiger partial charge in [0.1, 0.15) is 5.52 Å². The highest BCUT2D eigenvalue weighted by Crippen LogP contribution is 2.38. The number of alkyl halides is 3. The quantitative estimate of drug-likeness (QED) is 0.287. The minimum atomic E-state index is -4.59. The van der Waals surface area contributed by atoms with Gasteiger partial charge in [-0.05, 0) is 55.0 Å². The fourth-order valence-electron chi connectivity index (χ4n) is 6.15. The summed E-state index contributed by atoms with van der Waals surface area (Å²) < 4.78 is 55.9. The number of hydrogen-bond donors (Lipinski definition) is 0. The minimum Gasteiger partial charge on any atom is -0.381 e. The third-order valence-electron chi connectivity index (χ3n) is 8.67. The van der Waals surface area contributed by atoms with Crippen molar-refractivity contribution >= 4 is 22.1 Å². The van der Waals surface area contributed by atoms with Crippen molar-refractivity contribution in [3.05, 3.63) is 52.7 Å². The number of halogens is 3. The van der Waals surface area contributed by atoms with Gasteiger partial charge in [-0.1, -0.05) is 26.0 Å². The Balaban J connectivity index is 1.27. The molecule has 1 aromatic carbocycles. The van der Waals surface area contributed by atoms with Crippen LogP contribution < -0.4 is 5.69 Å². The molecule has 0 spiro atoms. The van der Waals surface area contributed by atoms with E-state index in [1.54, 1.807) is 30.9 Å². The molecule has 0 N–H and O–H groups in total. The zero-order valence-electron chi connectivity index (χ0n) is 24.2. The zero-order valence-corrected chi connectivity index (χ0v) is 24.2. The molecule has 42 heavy (non-hydrogen) atoms. The van der Waals surface area contributed by atoms with Crippen molar-refractivity contribution in [1.29, 1.82) is 0 Å². The first-order chi connectivity index (χ1) is 19.9. The number of likely N-dealkylation sites (tertiary alicyclic amines) is 1. The molecule has 0 amide bonds. The Morgan fingerprint density at radius 2 is 1.88 bits per heavy atom. The molecule has 12 heteroatoms. The molecular formula is C30H35F3N6O3. The first-order valence-electron chi connectivity index (χ1n) is 14.2. The van der Waals surface area contributed by atoms with E-state index in [1.807, 2.05) is 12.1 Å². The van der Waals surface area contributed by atoms with Crippen LogP contribution in [0.4, 0.5) is 13.2 Å². The van der Waals surface area contributed by atoms with Gasteiger partial charge in [0.15, 0.2) is 11.8 Å². The lowest BCUT2D eigenvalue weighted by atomic mass is 9.89. The lowest BCUT2D eigenvalue weighted by Gasteiger charge is -2.34. The summed E-state index contributed by atoms with van der Waals surface area (Å²) in [6.45, 7) is 6.44. The van der Waals surface area contributed by atoms with Crippen molar-refractivity contribution in [2.45, 2.75) is 57.5 Å². The Bertz CT molecular complexity index is 1660. The zero-order chi connectivity index (χ0) is 29.8. The second kappa shape index (κ2) is 10.7. The standard InChI is InChI=1S/C30H35F3N6O3/c1-29(2)9-10-38(17-29)11-12-42-26(30(31,32)33)24-8-6-19(16-34-24)18-5-7-23-22(13-18)25-27(36-35-23)37(3)28(40)39(25)20-14-21(15-20)41-4/h5-8,13,16,20-21,26H,9-12,14-15,17H2,1-4H3. The van der Waals surface area contributed by atoms with Crippen LogP contribution in [0.25, 0.3) is 33.2 Å². The van der Waals surface area contributed by atoms with Crippen LogP contribution in [0, 0.1) is 5.41 Å². The normalized spacial score (nSPS) is 21.7. The van der Waals surface area contributed by atoms with Gasteiger partial charge in [0.25, 0.3) is 0 Å². The van der Waals surface area contributed by atoms with E-state index in [-0.39, 0.29) is 35.6 Å².